The fraction of sp³-hybridized carbons (Fsp3) is 0.625. The van der Waals surface area contributed by atoms with Crippen molar-refractivity contribution in [1.82, 2.24) is 4.90 Å². The molecular weight excluding hydrogens is 250 g/mol. The predicted octanol–water partition coefficient (Wildman–Crippen LogP) is 2.59. The molecule has 0 bridgehead atoms. The van der Waals surface area contributed by atoms with Crippen molar-refractivity contribution in [2.24, 2.45) is 0 Å². The lowest BCUT2D eigenvalue weighted by Crippen LogP contribution is -2.38. The van der Waals surface area contributed by atoms with E-state index in [1.165, 1.54) is 12.1 Å². The Morgan fingerprint density at radius 1 is 1.25 bits per heavy atom. The average molecular weight is 277 g/mol. The van der Waals surface area contributed by atoms with Crippen molar-refractivity contribution < 1.29 is 4.74 Å². The van der Waals surface area contributed by atoms with Crippen molar-refractivity contribution in [3.63, 3.8) is 0 Å². The van der Waals surface area contributed by atoms with Crippen LogP contribution in [0.3, 0.4) is 0 Å². The van der Waals surface area contributed by atoms with Crippen LogP contribution < -0.4 is 15.4 Å². The second-order valence-electron chi connectivity index (χ2n) is 6.09. The molecule has 2 rings (SSSR count). The Morgan fingerprint density at radius 2 is 2.00 bits per heavy atom. The van der Waals surface area contributed by atoms with E-state index in [-0.39, 0.29) is 6.10 Å². The highest BCUT2D eigenvalue weighted by atomic mass is 16.5. The average Bonchev–Trinajstić information content (AvgIpc) is 2.48. The number of benzene rings is 1. The molecule has 0 aliphatic carbocycles. The Balaban J connectivity index is 2.24. The van der Waals surface area contributed by atoms with Gasteiger partial charge in [0.15, 0.2) is 0 Å². The molecule has 1 aliphatic rings. The summed E-state index contributed by atoms with van der Waals surface area (Å²) in [6.07, 6.45) is 1.34. The minimum atomic E-state index is 0.164. The first-order valence-electron chi connectivity index (χ1n) is 7.48. The summed E-state index contributed by atoms with van der Waals surface area (Å²) in [5.41, 5.74) is 7.97. The number of likely N-dealkylation sites (N-methyl/N-ethyl adjacent to an activating group) is 1. The third-order valence-electron chi connectivity index (χ3n) is 3.66. The molecule has 112 valence electrons. The minimum Gasteiger partial charge on any atom is -0.491 e. The van der Waals surface area contributed by atoms with Crippen LogP contribution in [0, 0.1) is 0 Å². The SMILES string of the molecule is CC(C)Oc1cc(N)cc(N2CCCN(C)CC2C)c1. The van der Waals surface area contributed by atoms with Crippen LogP contribution in [0.25, 0.3) is 0 Å². The van der Waals surface area contributed by atoms with Gasteiger partial charge in [-0.1, -0.05) is 0 Å². The summed E-state index contributed by atoms with van der Waals surface area (Å²) in [5.74, 6) is 0.861. The second kappa shape index (κ2) is 6.35. The second-order valence-corrected chi connectivity index (χ2v) is 6.09. The molecule has 20 heavy (non-hydrogen) atoms. The maximum atomic E-state index is 6.04. The summed E-state index contributed by atoms with van der Waals surface area (Å²) in [5, 5.41) is 0. The van der Waals surface area contributed by atoms with Crippen molar-refractivity contribution in [3.05, 3.63) is 18.2 Å². The largest absolute Gasteiger partial charge is 0.491 e. The third kappa shape index (κ3) is 3.79. The van der Waals surface area contributed by atoms with Crippen LogP contribution in [0.5, 0.6) is 5.75 Å². The fourth-order valence-electron chi connectivity index (χ4n) is 2.87. The first kappa shape index (κ1) is 15.0. The van der Waals surface area contributed by atoms with Gasteiger partial charge in [-0.3, -0.25) is 0 Å². The van der Waals surface area contributed by atoms with Gasteiger partial charge in [0.2, 0.25) is 0 Å². The summed E-state index contributed by atoms with van der Waals surface area (Å²) in [6, 6.07) is 6.54. The van der Waals surface area contributed by atoms with E-state index in [1.54, 1.807) is 0 Å². The number of nitrogen functional groups attached to an aromatic ring is 1. The van der Waals surface area contributed by atoms with Gasteiger partial charge in [-0.05, 0) is 46.9 Å². The molecule has 0 aromatic heterocycles. The Hall–Kier alpha value is -1.42. The molecule has 1 fully saturated rings. The molecule has 4 heteroatoms. The van der Waals surface area contributed by atoms with E-state index in [1.807, 2.05) is 19.9 Å². The minimum absolute atomic E-state index is 0.164. The molecule has 1 atom stereocenters. The molecule has 1 aromatic carbocycles. The van der Waals surface area contributed by atoms with Crippen molar-refractivity contribution in [3.8, 4) is 5.75 Å². The van der Waals surface area contributed by atoms with E-state index in [0.717, 1.165) is 31.1 Å². The normalized spacial score (nSPS) is 21.1. The van der Waals surface area contributed by atoms with E-state index in [9.17, 15) is 0 Å². The quantitative estimate of drug-likeness (QED) is 0.862. The van der Waals surface area contributed by atoms with Gasteiger partial charge in [-0.25, -0.2) is 0 Å². The number of nitrogens with zero attached hydrogens (tertiary/aromatic N) is 2. The molecule has 1 aliphatic heterocycles. The van der Waals surface area contributed by atoms with Crippen LogP contribution in [0.15, 0.2) is 18.2 Å². The molecule has 0 spiro atoms. The van der Waals surface area contributed by atoms with Gasteiger partial charge in [0.25, 0.3) is 0 Å². The molecule has 2 N–H and O–H groups in total. The van der Waals surface area contributed by atoms with Crippen LogP contribution in [-0.4, -0.2) is 43.7 Å². The topological polar surface area (TPSA) is 41.7 Å². The van der Waals surface area contributed by atoms with Gasteiger partial charge >= 0.3 is 0 Å². The van der Waals surface area contributed by atoms with Gasteiger partial charge in [0.05, 0.1) is 6.10 Å². The Labute approximate surface area is 122 Å². The van der Waals surface area contributed by atoms with Crippen LogP contribution in [0.1, 0.15) is 27.2 Å². The maximum absolute atomic E-state index is 6.04. The lowest BCUT2D eigenvalue weighted by molar-refractivity contribution is 0.242. The van der Waals surface area contributed by atoms with E-state index >= 15 is 0 Å². The number of anilines is 2. The van der Waals surface area contributed by atoms with Crippen LogP contribution in [-0.2, 0) is 0 Å². The van der Waals surface area contributed by atoms with Gasteiger partial charge in [-0.2, -0.15) is 0 Å². The van der Waals surface area contributed by atoms with Crippen LogP contribution in [0.2, 0.25) is 0 Å². The number of hydrogen-bond donors (Lipinski definition) is 1. The van der Waals surface area contributed by atoms with E-state index < -0.39 is 0 Å². The lowest BCUT2D eigenvalue weighted by Gasteiger charge is -2.30. The summed E-state index contributed by atoms with van der Waals surface area (Å²) >= 11 is 0. The first-order valence-corrected chi connectivity index (χ1v) is 7.48. The number of rotatable bonds is 3. The number of hydrogen-bond acceptors (Lipinski definition) is 4. The Morgan fingerprint density at radius 3 is 2.70 bits per heavy atom. The van der Waals surface area contributed by atoms with Crippen molar-refractivity contribution in [1.29, 1.82) is 0 Å². The zero-order valence-corrected chi connectivity index (χ0v) is 13.1. The number of ether oxygens (including phenoxy) is 1. The zero-order valence-electron chi connectivity index (χ0n) is 13.1. The molecule has 0 radical (unpaired) electrons. The smallest absolute Gasteiger partial charge is 0.123 e. The van der Waals surface area contributed by atoms with E-state index in [4.69, 9.17) is 10.5 Å². The van der Waals surface area contributed by atoms with E-state index in [0.29, 0.717) is 6.04 Å². The molecule has 1 aromatic rings. The maximum Gasteiger partial charge on any atom is 0.123 e. The monoisotopic (exact) mass is 277 g/mol. The van der Waals surface area contributed by atoms with E-state index in [2.05, 4.69) is 35.9 Å². The molecule has 1 saturated heterocycles. The molecular formula is C16H27N3O. The molecule has 1 heterocycles. The fourth-order valence-corrected chi connectivity index (χ4v) is 2.87. The molecule has 4 nitrogen and oxygen atoms in total. The predicted molar refractivity (Wildman–Crippen MR) is 85.5 cm³/mol. The van der Waals surface area contributed by atoms with Gasteiger partial charge in [0, 0.05) is 42.6 Å². The Bertz CT molecular complexity index is 447. The first-order chi connectivity index (χ1) is 9.45. The molecule has 0 saturated carbocycles. The van der Waals surface area contributed by atoms with Crippen molar-refractivity contribution in [2.45, 2.75) is 39.3 Å². The standard InChI is InChI=1S/C16H27N3O/c1-12(2)20-16-9-14(17)8-15(10-16)19-7-5-6-18(4)11-13(19)3/h8-10,12-13H,5-7,11,17H2,1-4H3. The highest BCUT2D eigenvalue weighted by molar-refractivity contribution is 5.61. The third-order valence-corrected chi connectivity index (χ3v) is 3.66. The van der Waals surface area contributed by atoms with Gasteiger partial charge < -0.3 is 20.3 Å². The van der Waals surface area contributed by atoms with Crippen LogP contribution in [0.4, 0.5) is 11.4 Å². The number of nitrogens with two attached hydrogens (primary N) is 1. The summed E-state index contributed by atoms with van der Waals surface area (Å²) in [4.78, 5) is 4.83. The van der Waals surface area contributed by atoms with Gasteiger partial charge in [0.1, 0.15) is 5.75 Å². The lowest BCUT2D eigenvalue weighted by atomic mass is 10.2. The zero-order chi connectivity index (χ0) is 14.7. The molecule has 1 unspecified atom stereocenters. The Kier molecular flexibility index (Phi) is 4.76. The van der Waals surface area contributed by atoms with Crippen LogP contribution >= 0.6 is 0 Å². The summed E-state index contributed by atoms with van der Waals surface area (Å²) in [7, 11) is 2.19. The van der Waals surface area contributed by atoms with Crippen molar-refractivity contribution >= 4 is 11.4 Å². The van der Waals surface area contributed by atoms with Crippen molar-refractivity contribution in [2.75, 3.05) is 37.3 Å². The van der Waals surface area contributed by atoms with Gasteiger partial charge in [-0.15, -0.1) is 0 Å². The summed E-state index contributed by atoms with van der Waals surface area (Å²) in [6.45, 7) is 9.64. The summed E-state index contributed by atoms with van der Waals surface area (Å²) < 4.78 is 5.80. The molecule has 0 amide bonds. The highest BCUT2D eigenvalue weighted by Crippen LogP contribution is 2.28. The highest BCUT2D eigenvalue weighted by Gasteiger charge is 2.20.